The van der Waals surface area contributed by atoms with Crippen molar-refractivity contribution in [3.05, 3.63) is 119 Å². The summed E-state index contributed by atoms with van der Waals surface area (Å²) in [7, 11) is -9.53. The number of nitrogens with one attached hydrogen (secondary N) is 2. The Morgan fingerprint density at radius 3 is 1.22 bits per heavy atom. The fourth-order valence-corrected chi connectivity index (χ4v) is 5.13. The molecule has 2 amide bonds. The van der Waals surface area contributed by atoms with Crippen molar-refractivity contribution in [2.45, 2.75) is 9.79 Å². The maximum Gasteiger partial charge on any atom is 0.295 e. The van der Waals surface area contributed by atoms with Gasteiger partial charge >= 0.3 is 0 Å². The zero-order valence-corrected chi connectivity index (χ0v) is 25.2. The zero-order valence-electron chi connectivity index (χ0n) is 21.6. The SMILES string of the molecule is O=C(Nc1ccc(C=Cc2ccc(NC(=O)c3ccccc3)cc2S(=O)(=O)O)c(S(=O)(=O)O)c1)c1ccccc1.[Na]. The van der Waals surface area contributed by atoms with Crippen LogP contribution in [0.1, 0.15) is 31.8 Å². The molecule has 0 aliphatic heterocycles. The molecule has 0 fully saturated rings. The Morgan fingerprint density at radius 1 is 0.561 bits per heavy atom. The van der Waals surface area contributed by atoms with E-state index in [1.165, 1.54) is 36.4 Å². The molecule has 205 valence electrons. The third-order valence-electron chi connectivity index (χ3n) is 5.61. The fourth-order valence-electron chi connectivity index (χ4n) is 3.71. The summed E-state index contributed by atoms with van der Waals surface area (Å²) in [5.74, 6) is -0.996. The number of amides is 2. The van der Waals surface area contributed by atoms with Crippen molar-refractivity contribution >= 4 is 85.1 Å². The van der Waals surface area contributed by atoms with Gasteiger partial charge in [-0.2, -0.15) is 16.8 Å². The maximum atomic E-state index is 12.4. The summed E-state index contributed by atoms with van der Waals surface area (Å²) >= 11 is 0. The summed E-state index contributed by atoms with van der Waals surface area (Å²) in [5.41, 5.74) is 0.805. The molecule has 1 radical (unpaired) electrons. The van der Waals surface area contributed by atoms with Gasteiger partial charge in [0, 0.05) is 52.1 Å². The summed E-state index contributed by atoms with van der Waals surface area (Å²) < 4.78 is 68.0. The zero-order chi connectivity index (χ0) is 28.9. The van der Waals surface area contributed by atoms with E-state index in [0.29, 0.717) is 11.1 Å². The van der Waals surface area contributed by atoms with Crippen LogP contribution in [0.25, 0.3) is 12.2 Å². The molecular formula is C28H22N2NaO8S2. The van der Waals surface area contributed by atoms with Crippen LogP contribution in [0.4, 0.5) is 11.4 Å². The van der Waals surface area contributed by atoms with Crippen molar-refractivity contribution in [1.29, 1.82) is 0 Å². The maximum absolute atomic E-state index is 12.4. The van der Waals surface area contributed by atoms with Gasteiger partial charge in [0.05, 0.1) is 0 Å². The molecule has 4 N–H and O–H groups in total. The van der Waals surface area contributed by atoms with Crippen molar-refractivity contribution in [3.63, 3.8) is 0 Å². The van der Waals surface area contributed by atoms with Crippen LogP contribution in [0, 0.1) is 0 Å². The monoisotopic (exact) mass is 601 g/mol. The van der Waals surface area contributed by atoms with Crippen LogP contribution in [0.2, 0.25) is 0 Å². The first-order valence-corrected chi connectivity index (χ1v) is 14.4. The van der Waals surface area contributed by atoms with Gasteiger partial charge < -0.3 is 10.6 Å². The Labute approximate surface area is 258 Å². The Morgan fingerprint density at radius 2 is 0.902 bits per heavy atom. The third kappa shape index (κ3) is 8.44. The van der Waals surface area contributed by atoms with Gasteiger partial charge in [0.1, 0.15) is 9.79 Å². The minimum atomic E-state index is -4.76. The van der Waals surface area contributed by atoms with Gasteiger partial charge in [-0.1, -0.05) is 60.7 Å². The number of hydrogen-bond acceptors (Lipinski definition) is 6. The molecule has 4 rings (SSSR count). The van der Waals surface area contributed by atoms with Gasteiger partial charge in [0.15, 0.2) is 0 Å². The molecule has 0 aromatic heterocycles. The summed E-state index contributed by atoms with van der Waals surface area (Å²) in [6.45, 7) is 0. The Hall–Kier alpha value is -3.62. The van der Waals surface area contributed by atoms with E-state index in [9.17, 15) is 35.5 Å². The van der Waals surface area contributed by atoms with Gasteiger partial charge in [-0.05, 0) is 59.7 Å². The molecule has 0 bridgehead atoms. The van der Waals surface area contributed by atoms with Crippen molar-refractivity contribution < 1.29 is 35.5 Å². The molecule has 4 aromatic rings. The first kappa shape index (κ1) is 31.9. The predicted molar refractivity (Wildman–Crippen MR) is 156 cm³/mol. The summed E-state index contributed by atoms with van der Waals surface area (Å²) in [6, 6.07) is 23.9. The average molecular weight is 602 g/mol. The van der Waals surface area contributed by atoms with Gasteiger partial charge in [-0.15, -0.1) is 0 Å². The number of benzene rings is 4. The Balaban J connectivity index is 0.00000462. The van der Waals surface area contributed by atoms with Gasteiger partial charge in [0.25, 0.3) is 32.1 Å². The van der Waals surface area contributed by atoms with Crippen molar-refractivity contribution in [3.8, 4) is 0 Å². The Kier molecular flexibility index (Phi) is 10.4. The van der Waals surface area contributed by atoms with Crippen molar-refractivity contribution in [2.24, 2.45) is 0 Å². The summed E-state index contributed by atoms with van der Waals surface area (Å²) in [5, 5.41) is 5.10. The van der Waals surface area contributed by atoms with Crippen LogP contribution in [0.15, 0.2) is 107 Å². The molecular weight excluding hydrogens is 579 g/mol. The largest absolute Gasteiger partial charge is 0.322 e. The first-order valence-electron chi connectivity index (χ1n) is 11.6. The number of carbonyl (C=O) groups is 2. The second kappa shape index (κ2) is 13.4. The number of carbonyl (C=O) groups excluding carboxylic acids is 2. The van der Waals surface area contributed by atoms with E-state index in [1.807, 2.05) is 0 Å². The van der Waals surface area contributed by atoms with Gasteiger partial charge in [-0.25, -0.2) is 0 Å². The number of anilines is 2. The average Bonchev–Trinajstić information content (AvgIpc) is 2.92. The smallest absolute Gasteiger partial charge is 0.295 e. The van der Waals surface area contributed by atoms with Crippen LogP contribution >= 0.6 is 0 Å². The molecule has 0 atom stereocenters. The fraction of sp³-hybridized carbons (Fsp3) is 0. The van der Waals surface area contributed by atoms with Crippen LogP contribution in [-0.2, 0) is 20.2 Å². The second-order valence-corrected chi connectivity index (χ2v) is 11.2. The molecule has 0 saturated carbocycles. The molecule has 0 aliphatic carbocycles. The number of rotatable bonds is 8. The van der Waals surface area contributed by atoms with E-state index in [-0.39, 0.29) is 52.1 Å². The third-order valence-corrected chi connectivity index (χ3v) is 7.43. The summed E-state index contributed by atoms with van der Waals surface area (Å²) in [4.78, 5) is 23.8. The molecule has 41 heavy (non-hydrogen) atoms. The topological polar surface area (TPSA) is 167 Å². The van der Waals surface area contributed by atoms with E-state index in [0.717, 1.165) is 12.1 Å². The molecule has 13 heteroatoms. The second-order valence-electron chi connectivity index (χ2n) is 8.43. The molecule has 0 aliphatic rings. The van der Waals surface area contributed by atoms with E-state index in [4.69, 9.17) is 0 Å². The molecule has 0 heterocycles. The van der Waals surface area contributed by atoms with Crippen LogP contribution < -0.4 is 10.6 Å². The normalized spacial score (nSPS) is 11.5. The minimum Gasteiger partial charge on any atom is -0.322 e. The van der Waals surface area contributed by atoms with E-state index in [1.54, 1.807) is 60.7 Å². The Bertz CT molecular complexity index is 1690. The molecule has 0 spiro atoms. The first-order chi connectivity index (χ1) is 18.9. The quantitative estimate of drug-likeness (QED) is 0.130. The van der Waals surface area contributed by atoms with Crippen LogP contribution in [0.3, 0.4) is 0 Å². The van der Waals surface area contributed by atoms with Crippen LogP contribution in [-0.4, -0.2) is 67.3 Å². The molecule has 4 aromatic carbocycles. The van der Waals surface area contributed by atoms with E-state index in [2.05, 4.69) is 10.6 Å². The van der Waals surface area contributed by atoms with Crippen molar-refractivity contribution in [1.82, 2.24) is 0 Å². The molecule has 0 unspecified atom stereocenters. The molecule has 10 nitrogen and oxygen atoms in total. The number of hydrogen-bond donors (Lipinski definition) is 4. The minimum absolute atomic E-state index is 0. The predicted octanol–water partition coefficient (Wildman–Crippen LogP) is 4.47. The summed E-state index contributed by atoms with van der Waals surface area (Å²) in [6.07, 6.45) is 2.44. The van der Waals surface area contributed by atoms with Crippen molar-refractivity contribution in [2.75, 3.05) is 10.6 Å². The van der Waals surface area contributed by atoms with E-state index >= 15 is 0 Å². The van der Waals surface area contributed by atoms with Crippen LogP contribution in [0.5, 0.6) is 0 Å². The van der Waals surface area contributed by atoms with Gasteiger partial charge in [0.2, 0.25) is 0 Å². The van der Waals surface area contributed by atoms with E-state index < -0.39 is 41.8 Å². The standard InChI is InChI=1S/C28H22N2O8S2.Na/c31-27(21-7-3-1-4-8-21)29-23-15-13-19(25(17-23)39(33,34)35)11-12-20-14-16-24(18-26(20)40(36,37)38)30-28(32)22-9-5-2-6-10-22;/h1-18H,(H,29,31)(H,30,32)(H,33,34,35)(H,36,37,38);. The molecule has 0 saturated heterocycles. The van der Waals surface area contributed by atoms with Gasteiger partial charge in [-0.3, -0.25) is 18.7 Å².